The largest absolute Gasteiger partial charge is 0.480 e. The maximum absolute atomic E-state index is 12.8. The van der Waals surface area contributed by atoms with E-state index in [4.69, 9.17) is 5.73 Å². The number of hydrogen-bond donors (Lipinski definition) is 7. The number of carboxylic acids is 1. The molecule has 0 aliphatic carbocycles. The second kappa shape index (κ2) is 13.2. The van der Waals surface area contributed by atoms with E-state index in [0.717, 1.165) is 13.0 Å². The molecule has 1 aliphatic heterocycles. The van der Waals surface area contributed by atoms with Crippen molar-refractivity contribution in [2.24, 2.45) is 11.7 Å². The Morgan fingerprint density at radius 3 is 2.16 bits per heavy atom. The van der Waals surface area contributed by atoms with Crippen LogP contribution in [0.15, 0.2) is 0 Å². The van der Waals surface area contributed by atoms with Crippen molar-refractivity contribution in [1.29, 1.82) is 0 Å². The second-order valence-corrected chi connectivity index (χ2v) is 8.35. The van der Waals surface area contributed by atoms with Crippen LogP contribution in [0.3, 0.4) is 0 Å². The van der Waals surface area contributed by atoms with Crippen molar-refractivity contribution in [2.45, 2.75) is 70.1 Å². The van der Waals surface area contributed by atoms with Crippen molar-refractivity contribution in [1.82, 2.24) is 21.3 Å². The molecule has 176 valence electrons. The quantitative estimate of drug-likeness (QED) is 0.164. The fraction of sp³-hybridized carbons (Fsp3) is 0.737. The zero-order valence-electron chi connectivity index (χ0n) is 17.8. The summed E-state index contributed by atoms with van der Waals surface area (Å²) in [5.41, 5.74) is 5.03. The lowest BCUT2D eigenvalue weighted by Crippen LogP contribution is -2.57. The summed E-state index contributed by atoms with van der Waals surface area (Å²) in [4.78, 5) is 60.0. The fourth-order valence-electron chi connectivity index (χ4n) is 3.17. The lowest BCUT2D eigenvalue weighted by molar-refractivity contribution is -0.142. The molecule has 0 radical (unpaired) electrons. The van der Waals surface area contributed by atoms with Gasteiger partial charge >= 0.3 is 5.97 Å². The van der Waals surface area contributed by atoms with E-state index in [1.165, 1.54) is 0 Å². The number of carboxylic acid groups (broad SMARTS) is 1. The molecule has 1 aliphatic rings. The van der Waals surface area contributed by atoms with Crippen molar-refractivity contribution in [3.05, 3.63) is 0 Å². The van der Waals surface area contributed by atoms with E-state index in [-0.39, 0.29) is 36.5 Å². The van der Waals surface area contributed by atoms with Gasteiger partial charge in [0.05, 0.1) is 6.04 Å². The van der Waals surface area contributed by atoms with Crippen LogP contribution in [-0.2, 0) is 24.0 Å². The number of primary amides is 1. The summed E-state index contributed by atoms with van der Waals surface area (Å²) in [6.07, 6.45) is 1.53. The summed E-state index contributed by atoms with van der Waals surface area (Å²) in [5.74, 6) is -3.60. The van der Waals surface area contributed by atoms with Crippen LogP contribution in [0.25, 0.3) is 0 Å². The van der Waals surface area contributed by atoms with Crippen LogP contribution in [0.5, 0.6) is 0 Å². The molecule has 11 nitrogen and oxygen atoms in total. The number of hydrogen-bond acceptors (Lipinski definition) is 7. The van der Waals surface area contributed by atoms with E-state index in [1.54, 1.807) is 0 Å². The van der Waals surface area contributed by atoms with Crippen molar-refractivity contribution in [3.8, 4) is 0 Å². The molecular formula is C19H33N5O6S. The van der Waals surface area contributed by atoms with Gasteiger partial charge in [0, 0.05) is 12.2 Å². The number of nitrogens with two attached hydrogens (primary N) is 1. The molecular weight excluding hydrogens is 426 g/mol. The molecule has 1 saturated heterocycles. The number of rotatable bonds is 13. The third-order valence-corrected chi connectivity index (χ3v) is 5.19. The molecule has 0 aromatic heterocycles. The molecule has 0 saturated carbocycles. The van der Waals surface area contributed by atoms with Crippen LogP contribution in [0.4, 0.5) is 0 Å². The SMILES string of the molecule is CC(C)CC(NC(=O)C1CCCN1)C(=O)NC(CS)C(=O)NC(CCC(N)=O)C(=O)O. The Morgan fingerprint density at radius 1 is 1.06 bits per heavy atom. The van der Waals surface area contributed by atoms with E-state index >= 15 is 0 Å². The molecule has 0 aromatic carbocycles. The Morgan fingerprint density at radius 2 is 1.68 bits per heavy atom. The first kappa shape index (κ1) is 26.7. The van der Waals surface area contributed by atoms with Crippen LogP contribution in [-0.4, -0.2) is 71.2 Å². The summed E-state index contributed by atoms with van der Waals surface area (Å²) < 4.78 is 0. The fourth-order valence-corrected chi connectivity index (χ4v) is 3.42. The molecule has 12 heteroatoms. The van der Waals surface area contributed by atoms with Crippen LogP contribution in [0.1, 0.15) is 46.0 Å². The third-order valence-electron chi connectivity index (χ3n) is 4.83. The molecule has 1 rings (SSSR count). The van der Waals surface area contributed by atoms with Crippen molar-refractivity contribution in [2.75, 3.05) is 12.3 Å². The summed E-state index contributed by atoms with van der Waals surface area (Å²) in [7, 11) is 0. The minimum Gasteiger partial charge on any atom is -0.480 e. The summed E-state index contributed by atoms with van der Waals surface area (Å²) >= 11 is 4.07. The minimum atomic E-state index is -1.33. The highest BCUT2D eigenvalue weighted by molar-refractivity contribution is 7.80. The van der Waals surface area contributed by atoms with E-state index in [2.05, 4.69) is 33.9 Å². The lowest BCUT2D eigenvalue weighted by atomic mass is 10.0. The van der Waals surface area contributed by atoms with E-state index in [9.17, 15) is 29.1 Å². The molecule has 7 N–H and O–H groups in total. The first-order chi connectivity index (χ1) is 14.5. The van der Waals surface area contributed by atoms with Gasteiger partial charge in [0.25, 0.3) is 0 Å². The van der Waals surface area contributed by atoms with E-state index < -0.39 is 41.8 Å². The monoisotopic (exact) mass is 459 g/mol. The standard InChI is InChI=1S/C19H33N5O6S/c1-10(2)8-13(23-16(26)11-4-3-7-21-11)17(27)24-14(9-31)18(28)22-12(19(29)30)5-6-15(20)25/h10-14,21,31H,3-9H2,1-2H3,(H2,20,25)(H,22,28)(H,23,26)(H,24,27)(H,29,30). The normalized spacial score (nSPS) is 18.6. The van der Waals surface area contributed by atoms with Crippen molar-refractivity contribution < 1.29 is 29.1 Å². The zero-order chi connectivity index (χ0) is 23.6. The van der Waals surface area contributed by atoms with Crippen LogP contribution < -0.4 is 27.0 Å². The van der Waals surface area contributed by atoms with Gasteiger partial charge in [-0.05, 0) is 38.1 Å². The Balaban J connectivity index is 2.77. The molecule has 31 heavy (non-hydrogen) atoms. The summed E-state index contributed by atoms with van der Waals surface area (Å²) in [5, 5.41) is 19.9. The van der Waals surface area contributed by atoms with E-state index in [0.29, 0.717) is 12.8 Å². The Labute approximate surface area is 187 Å². The maximum atomic E-state index is 12.8. The average Bonchev–Trinajstić information content (AvgIpc) is 3.22. The molecule has 0 spiro atoms. The number of carbonyl (C=O) groups excluding carboxylic acids is 4. The molecule has 0 bridgehead atoms. The van der Waals surface area contributed by atoms with Gasteiger partial charge in [-0.2, -0.15) is 12.6 Å². The molecule has 4 amide bonds. The van der Waals surface area contributed by atoms with Crippen molar-refractivity contribution >= 4 is 42.2 Å². The highest BCUT2D eigenvalue weighted by Gasteiger charge is 2.31. The molecule has 4 unspecified atom stereocenters. The maximum Gasteiger partial charge on any atom is 0.326 e. The third kappa shape index (κ3) is 9.55. The van der Waals surface area contributed by atoms with Gasteiger partial charge in [-0.3, -0.25) is 19.2 Å². The smallest absolute Gasteiger partial charge is 0.326 e. The van der Waals surface area contributed by atoms with Crippen LogP contribution in [0.2, 0.25) is 0 Å². The van der Waals surface area contributed by atoms with Crippen LogP contribution >= 0.6 is 12.6 Å². The lowest BCUT2D eigenvalue weighted by Gasteiger charge is -2.25. The highest BCUT2D eigenvalue weighted by Crippen LogP contribution is 2.09. The van der Waals surface area contributed by atoms with Gasteiger partial charge in [-0.15, -0.1) is 0 Å². The highest BCUT2D eigenvalue weighted by atomic mass is 32.1. The van der Waals surface area contributed by atoms with Gasteiger partial charge in [-0.25, -0.2) is 4.79 Å². The zero-order valence-corrected chi connectivity index (χ0v) is 18.7. The van der Waals surface area contributed by atoms with E-state index in [1.807, 2.05) is 13.8 Å². The van der Waals surface area contributed by atoms with Gasteiger partial charge < -0.3 is 32.1 Å². The number of amides is 4. The van der Waals surface area contributed by atoms with Gasteiger partial charge in [0.1, 0.15) is 18.1 Å². The molecule has 4 atom stereocenters. The summed E-state index contributed by atoms with van der Waals surface area (Å²) in [6, 6.07) is -3.66. The number of nitrogens with one attached hydrogen (secondary N) is 4. The Kier molecular flexibility index (Phi) is 11.3. The predicted molar refractivity (Wildman–Crippen MR) is 116 cm³/mol. The van der Waals surface area contributed by atoms with Crippen LogP contribution in [0, 0.1) is 5.92 Å². The van der Waals surface area contributed by atoms with Gasteiger partial charge in [-0.1, -0.05) is 13.8 Å². The second-order valence-electron chi connectivity index (χ2n) is 7.99. The predicted octanol–water partition coefficient (Wildman–Crippen LogP) is -1.48. The Bertz CT molecular complexity index is 668. The number of aliphatic carboxylic acids is 1. The molecule has 0 aromatic rings. The number of carbonyl (C=O) groups is 5. The van der Waals surface area contributed by atoms with Gasteiger partial charge in [0.15, 0.2) is 0 Å². The average molecular weight is 460 g/mol. The molecule has 1 fully saturated rings. The minimum absolute atomic E-state index is 0.0910. The topological polar surface area (TPSA) is 180 Å². The van der Waals surface area contributed by atoms with Gasteiger partial charge in [0.2, 0.25) is 23.6 Å². The first-order valence-electron chi connectivity index (χ1n) is 10.3. The summed E-state index contributed by atoms with van der Waals surface area (Å²) in [6.45, 7) is 4.54. The Hall–Kier alpha value is -2.34. The molecule has 1 heterocycles. The van der Waals surface area contributed by atoms with Crippen molar-refractivity contribution in [3.63, 3.8) is 0 Å². The number of thiol groups is 1. The first-order valence-corrected chi connectivity index (χ1v) is 10.9.